The van der Waals surface area contributed by atoms with Crippen LogP contribution in [0.2, 0.25) is 0 Å². The molecule has 0 unspecified atom stereocenters. The van der Waals surface area contributed by atoms with Gasteiger partial charge in [0.1, 0.15) is 6.54 Å². The van der Waals surface area contributed by atoms with E-state index in [4.69, 9.17) is 0 Å². The van der Waals surface area contributed by atoms with Crippen LogP contribution < -0.4 is 4.90 Å². The highest BCUT2D eigenvalue weighted by atomic mass is 16.2. The van der Waals surface area contributed by atoms with Crippen LogP contribution in [0.4, 0.5) is 5.69 Å². The van der Waals surface area contributed by atoms with Crippen molar-refractivity contribution in [2.24, 2.45) is 11.8 Å². The van der Waals surface area contributed by atoms with E-state index in [0.29, 0.717) is 0 Å². The number of amides is 3. The largest absolute Gasteiger partial charge is 0.305 e. The van der Waals surface area contributed by atoms with E-state index in [1.165, 1.54) is 10.5 Å². The number of fused-ring (bicyclic) bond motifs is 2. The number of nitrogens with zero attached hydrogens (tertiary/aromatic N) is 2. The summed E-state index contributed by atoms with van der Waals surface area (Å²) >= 11 is 0. The number of benzene rings is 2. The predicted molar refractivity (Wildman–Crippen MR) is 128 cm³/mol. The zero-order chi connectivity index (χ0) is 23.4. The summed E-state index contributed by atoms with van der Waals surface area (Å²) < 4.78 is 0. The molecule has 172 valence electrons. The molecule has 5 rings (SSSR count). The van der Waals surface area contributed by atoms with Gasteiger partial charge in [-0.05, 0) is 50.3 Å². The second kappa shape index (κ2) is 7.82. The molecule has 5 nitrogen and oxygen atoms in total. The van der Waals surface area contributed by atoms with E-state index in [9.17, 15) is 14.4 Å². The fourth-order valence-electron chi connectivity index (χ4n) is 6.63. The van der Waals surface area contributed by atoms with Gasteiger partial charge in [0.25, 0.3) is 0 Å². The topological polar surface area (TPSA) is 57.7 Å². The Bertz CT molecular complexity index is 1090. The highest BCUT2D eigenvalue weighted by Crippen LogP contribution is 2.50. The highest BCUT2D eigenvalue weighted by Gasteiger charge is 2.51. The van der Waals surface area contributed by atoms with Crippen LogP contribution in [0.1, 0.15) is 64.0 Å². The Morgan fingerprint density at radius 1 is 0.879 bits per heavy atom. The molecule has 3 aliphatic rings. The molecule has 2 heterocycles. The third-order valence-corrected chi connectivity index (χ3v) is 8.02. The monoisotopic (exact) mass is 444 g/mol. The minimum atomic E-state index is -0.491. The van der Waals surface area contributed by atoms with E-state index >= 15 is 0 Å². The van der Waals surface area contributed by atoms with Gasteiger partial charge in [-0.3, -0.25) is 19.3 Å². The van der Waals surface area contributed by atoms with Crippen molar-refractivity contribution in [2.75, 3.05) is 11.4 Å². The molecule has 0 radical (unpaired) electrons. The molecule has 3 atom stereocenters. The molecule has 2 aromatic carbocycles. The summed E-state index contributed by atoms with van der Waals surface area (Å²) in [7, 11) is 0. The SMILES string of the molecule is CC1(C)C[C@](C)(c2ccccc2)c2ccccc2N1C(=O)CN1C(=O)[C@H]2CCCC[C@H]2C1=O. The molecule has 2 fully saturated rings. The molecule has 0 N–H and O–H groups in total. The molecule has 0 bridgehead atoms. The van der Waals surface area contributed by atoms with Gasteiger partial charge in [-0.1, -0.05) is 68.3 Å². The first kappa shape index (κ1) is 21.9. The Kier molecular flexibility index (Phi) is 5.19. The molecule has 1 aliphatic carbocycles. The van der Waals surface area contributed by atoms with Gasteiger partial charge in [0.15, 0.2) is 0 Å². The molecule has 0 aromatic heterocycles. The van der Waals surface area contributed by atoms with Gasteiger partial charge >= 0.3 is 0 Å². The number of hydrogen-bond acceptors (Lipinski definition) is 3. The van der Waals surface area contributed by atoms with Crippen LogP contribution in [0.25, 0.3) is 0 Å². The van der Waals surface area contributed by atoms with Crippen molar-refractivity contribution >= 4 is 23.4 Å². The average Bonchev–Trinajstić information content (AvgIpc) is 3.04. The van der Waals surface area contributed by atoms with Crippen LogP contribution >= 0.6 is 0 Å². The molecular weight excluding hydrogens is 412 g/mol. The standard InChI is InChI=1S/C28H32N2O3/c1-27(2)18-28(3,19-11-5-4-6-12-19)22-15-9-10-16-23(22)30(27)24(31)17-29-25(32)20-13-7-8-14-21(20)26(29)33/h4-6,9-12,15-16,20-21H,7-8,13-14,17-18H2,1-3H3/t20-,21+,28-/m1/s1. The molecule has 1 saturated carbocycles. The highest BCUT2D eigenvalue weighted by molar-refractivity contribution is 6.09. The van der Waals surface area contributed by atoms with Crippen molar-refractivity contribution in [3.8, 4) is 0 Å². The number of anilines is 1. The Hall–Kier alpha value is -2.95. The fraction of sp³-hybridized carbons (Fsp3) is 0.464. The smallest absolute Gasteiger partial charge is 0.247 e. The minimum absolute atomic E-state index is 0.157. The molecule has 0 spiro atoms. The summed E-state index contributed by atoms with van der Waals surface area (Å²) in [5.74, 6) is -0.974. The first-order valence-electron chi connectivity index (χ1n) is 12.1. The number of carbonyl (C=O) groups excluding carboxylic acids is 3. The number of carbonyl (C=O) groups is 3. The van der Waals surface area contributed by atoms with E-state index < -0.39 is 5.54 Å². The quantitative estimate of drug-likeness (QED) is 0.646. The Morgan fingerprint density at radius 2 is 1.45 bits per heavy atom. The second-order valence-electron chi connectivity index (χ2n) is 10.7. The van der Waals surface area contributed by atoms with Crippen LogP contribution in [0.3, 0.4) is 0 Å². The van der Waals surface area contributed by atoms with Crippen LogP contribution in [0, 0.1) is 11.8 Å². The van der Waals surface area contributed by atoms with E-state index in [2.05, 4.69) is 51.1 Å². The van der Waals surface area contributed by atoms with Gasteiger partial charge in [-0.15, -0.1) is 0 Å². The maximum Gasteiger partial charge on any atom is 0.247 e. The van der Waals surface area contributed by atoms with Gasteiger partial charge in [-0.25, -0.2) is 0 Å². The third-order valence-electron chi connectivity index (χ3n) is 8.02. The summed E-state index contributed by atoms with van der Waals surface area (Å²) in [6, 6.07) is 18.5. The lowest BCUT2D eigenvalue weighted by molar-refractivity contribution is -0.143. The van der Waals surface area contributed by atoms with Crippen molar-refractivity contribution in [2.45, 2.75) is 63.8 Å². The van der Waals surface area contributed by atoms with Crippen molar-refractivity contribution < 1.29 is 14.4 Å². The number of hydrogen-bond donors (Lipinski definition) is 0. The Labute approximate surface area is 195 Å². The number of likely N-dealkylation sites (tertiary alicyclic amines) is 1. The molecule has 5 heteroatoms. The van der Waals surface area contributed by atoms with Crippen molar-refractivity contribution in [3.05, 3.63) is 65.7 Å². The number of para-hydroxylation sites is 1. The molecule has 2 aliphatic heterocycles. The predicted octanol–water partition coefficient (Wildman–Crippen LogP) is 4.68. The van der Waals surface area contributed by atoms with Gasteiger partial charge in [-0.2, -0.15) is 0 Å². The first-order chi connectivity index (χ1) is 15.7. The molecule has 33 heavy (non-hydrogen) atoms. The normalized spacial score (nSPS) is 28.5. The van der Waals surface area contributed by atoms with E-state index in [1.54, 1.807) is 0 Å². The van der Waals surface area contributed by atoms with Gasteiger partial charge < -0.3 is 4.90 Å². The Balaban J connectivity index is 1.50. The average molecular weight is 445 g/mol. The van der Waals surface area contributed by atoms with Crippen molar-refractivity contribution in [1.29, 1.82) is 0 Å². The third kappa shape index (κ3) is 3.40. The molecular formula is C28H32N2O3. The summed E-state index contributed by atoms with van der Waals surface area (Å²) in [6.07, 6.45) is 4.21. The van der Waals surface area contributed by atoms with E-state index in [1.807, 2.05) is 29.2 Å². The summed E-state index contributed by atoms with van der Waals surface area (Å²) in [4.78, 5) is 42.8. The zero-order valence-corrected chi connectivity index (χ0v) is 19.7. The Morgan fingerprint density at radius 3 is 2.09 bits per heavy atom. The van der Waals surface area contributed by atoms with Crippen LogP contribution in [-0.4, -0.2) is 34.7 Å². The van der Waals surface area contributed by atoms with Gasteiger partial charge in [0.05, 0.1) is 11.8 Å². The maximum atomic E-state index is 13.8. The zero-order valence-electron chi connectivity index (χ0n) is 19.7. The summed E-state index contributed by atoms with van der Waals surface area (Å²) in [5.41, 5.74) is 2.42. The fourth-order valence-corrected chi connectivity index (χ4v) is 6.63. The van der Waals surface area contributed by atoms with E-state index in [0.717, 1.165) is 43.4 Å². The van der Waals surface area contributed by atoms with Gasteiger partial charge in [0, 0.05) is 16.6 Å². The van der Waals surface area contributed by atoms with Crippen LogP contribution in [-0.2, 0) is 19.8 Å². The summed E-state index contributed by atoms with van der Waals surface area (Å²) in [5, 5.41) is 0. The van der Waals surface area contributed by atoms with E-state index in [-0.39, 0.29) is 41.5 Å². The maximum absolute atomic E-state index is 13.8. The van der Waals surface area contributed by atoms with Crippen LogP contribution in [0.15, 0.2) is 54.6 Å². The van der Waals surface area contributed by atoms with Crippen molar-refractivity contribution in [3.63, 3.8) is 0 Å². The molecule has 1 saturated heterocycles. The van der Waals surface area contributed by atoms with Crippen LogP contribution in [0.5, 0.6) is 0 Å². The van der Waals surface area contributed by atoms with Gasteiger partial charge in [0.2, 0.25) is 17.7 Å². The lowest BCUT2D eigenvalue weighted by atomic mass is 9.65. The lowest BCUT2D eigenvalue weighted by Crippen LogP contribution is -2.58. The molecule has 3 amide bonds. The summed E-state index contributed by atoms with van der Waals surface area (Å²) in [6.45, 7) is 6.22. The lowest BCUT2D eigenvalue weighted by Gasteiger charge is -2.51. The number of rotatable bonds is 3. The van der Waals surface area contributed by atoms with Crippen molar-refractivity contribution in [1.82, 2.24) is 4.90 Å². The number of imide groups is 1. The minimum Gasteiger partial charge on any atom is -0.305 e. The molecule has 2 aromatic rings. The second-order valence-corrected chi connectivity index (χ2v) is 10.7. The first-order valence-corrected chi connectivity index (χ1v) is 12.1.